The summed E-state index contributed by atoms with van der Waals surface area (Å²) in [7, 11) is 0. The average molecular weight is 324 g/mol. The maximum Gasteiger partial charge on any atom is 0.192 e. The van der Waals surface area contributed by atoms with Gasteiger partial charge in [-0.3, -0.25) is 0 Å². The SMILES string of the molecule is Cc1ccnc(Sc2ccc(Br)cc2CCN)n1. The van der Waals surface area contributed by atoms with Crippen LogP contribution in [-0.4, -0.2) is 16.5 Å². The second-order valence-corrected chi connectivity index (χ2v) is 5.80. The molecule has 0 aliphatic carbocycles. The van der Waals surface area contributed by atoms with Crippen molar-refractivity contribution < 1.29 is 0 Å². The average Bonchev–Trinajstić information content (AvgIpc) is 2.33. The Morgan fingerprint density at radius 1 is 1.33 bits per heavy atom. The summed E-state index contributed by atoms with van der Waals surface area (Å²) in [5, 5.41) is 0.774. The lowest BCUT2D eigenvalue weighted by atomic mass is 10.1. The third-order valence-electron chi connectivity index (χ3n) is 2.41. The standard InChI is InChI=1S/C13H14BrN3S/c1-9-5-7-16-13(17-9)18-12-3-2-11(14)8-10(12)4-6-15/h2-3,5,7-8H,4,6,15H2,1H3. The minimum absolute atomic E-state index is 0.638. The number of hydrogen-bond donors (Lipinski definition) is 1. The Balaban J connectivity index is 2.28. The molecule has 3 nitrogen and oxygen atoms in total. The molecular formula is C13H14BrN3S. The quantitative estimate of drug-likeness (QED) is 0.878. The molecule has 1 aromatic heterocycles. The molecule has 2 rings (SSSR count). The van der Waals surface area contributed by atoms with Crippen LogP contribution in [0.15, 0.2) is 45.0 Å². The van der Waals surface area contributed by atoms with Crippen LogP contribution in [0.2, 0.25) is 0 Å². The number of hydrogen-bond acceptors (Lipinski definition) is 4. The molecule has 0 fully saturated rings. The molecule has 0 radical (unpaired) electrons. The number of benzene rings is 1. The van der Waals surface area contributed by atoms with Crippen LogP contribution in [0, 0.1) is 6.92 Å². The van der Waals surface area contributed by atoms with Crippen molar-refractivity contribution in [2.75, 3.05) is 6.54 Å². The van der Waals surface area contributed by atoms with E-state index in [0.29, 0.717) is 6.54 Å². The van der Waals surface area contributed by atoms with Crippen LogP contribution in [0.5, 0.6) is 0 Å². The van der Waals surface area contributed by atoms with Gasteiger partial charge in [0.2, 0.25) is 0 Å². The summed E-state index contributed by atoms with van der Waals surface area (Å²) in [6.45, 7) is 2.60. The van der Waals surface area contributed by atoms with Gasteiger partial charge in [-0.05, 0) is 61.5 Å². The Morgan fingerprint density at radius 3 is 2.89 bits per heavy atom. The van der Waals surface area contributed by atoms with Gasteiger partial charge in [0.1, 0.15) is 0 Å². The molecule has 0 unspecified atom stereocenters. The van der Waals surface area contributed by atoms with Crippen molar-refractivity contribution in [1.29, 1.82) is 0 Å². The number of nitrogens with two attached hydrogens (primary N) is 1. The molecule has 0 spiro atoms. The Labute approximate surface area is 119 Å². The topological polar surface area (TPSA) is 51.8 Å². The zero-order valence-corrected chi connectivity index (χ0v) is 12.5. The fourth-order valence-corrected chi connectivity index (χ4v) is 2.91. The molecule has 1 aromatic carbocycles. The van der Waals surface area contributed by atoms with Crippen LogP contribution < -0.4 is 5.73 Å². The maximum atomic E-state index is 5.64. The molecule has 18 heavy (non-hydrogen) atoms. The van der Waals surface area contributed by atoms with Gasteiger partial charge < -0.3 is 5.73 Å². The molecule has 0 saturated heterocycles. The van der Waals surface area contributed by atoms with Gasteiger partial charge in [0.15, 0.2) is 5.16 Å². The molecule has 2 N–H and O–H groups in total. The highest BCUT2D eigenvalue weighted by atomic mass is 79.9. The monoisotopic (exact) mass is 323 g/mol. The van der Waals surface area contributed by atoms with Crippen LogP contribution in [0.1, 0.15) is 11.3 Å². The van der Waals surface area contributed by atoms with E-state index in [1.54, 1.807) is 18.0 Å². The van der Waals surface area contributed by atoms with Gasteiger partial charge >= 0.3 is 0 Å². The fraction of sp³-hybridized carbons (Fsp3) is 0.231. The van der Waals surface area contributed by atoms with Crippen molar-refractivity contribution in [2.24, 2.45) is 5.73 Å². The number of rotatable bonds is 4. The van der Waals surface area contributed by atoms with Gasteiger partial charge in [-0.1, -0.05) is 15.9 Å². The van der Waals surface area contributed by atoms with E-state index in [0.717, 1.165) is 26.6 Å². The van der Waals surface area contributed by atoms with Gasteiger partial charge in [-0.2, -0.15) is 0 Å². The second-order valence-electron chi connectivity index (χ2n) is 3.87. The summed E-state index contributed by atoms with van der Waals surface area (Å²) in [5.41, 5.74) is 7.84. The molecule has 0 aliphatic heterocycles. The molecule has 0 aliphatic rings. The first-order valence-corrected chi connectivity index (χ1v) is 7.26. The first-order chi connectivity index (χ1) is 8.69. The van der Waals surface area contributed by atoms with Crippen molar-refractivity contribution >= 4 is 27.7 Å². The van der Waals surface area contributed by atoms with E-state index in [2.05, 4.69) is 38.0 Å². The van der Waals surface area contributed by atoms with Crippen LogP contribution in [0.4, 0.5) is 0 Å². The zero-order chi connectivity index (χ0) is 13.0. The van der Waals surface area contributed by atoms with Crippen molar-refractivity contribution in [3.63, 3.8) is 0 Å². The van der Waals surface area contributed by atoms with E-state index < -0.39 is 0 Å². The smallest absolute Gasteiger partial charge is 0.192 e. The molecule has 5 heteroatoms. The number of halogens is 1. The maximum absolute atomic E-state index is 5.64. The number of aromatic nitrogens is 2. The summed E-state index contributed by atoms with van der Waals surface area (Å²) >= 11 is 5.06. The zero-order valence-electron chi connectivity index (χ0n) is 10.1. The molecule has 0 bridgehead atoms. The van der Waals surface area contributed by atoms with E-state index in [1.807, 2.05) is 19.1 Å². The van der Waals surface area contributed by atoms with E-state index in [9.17, 15) is 0 Å². The van der Waals surface area contributed by atoms with Crippen molar-refractivity contribution in [1.82, 2.24) is 9.97 Å². The van der Waals surface area contributed by atoms with Crippen molar-refractivity contribution in [3.8, 4) is 0 Å². The third-order valence-corrected chi connectivity index (χ3v) is 3.90. The summed E-state index contributed by atoms with van der Waals surface area (Å²) in [4.78, 5) is 9.83. The van der Waals surface area contributed by atoms with E-state index in [1.165, 1.54) is 5.56 Å². The minimum atomic E-state index is 0.638. The predicted molar refractivity (Wildman–Crippen MR) is 77.8 cm³/mol. The number of nitrogens with zero attached hydrogens (tertiary/aromatic N) is 2. The van der Waals surface area contributed by atoms with Crippen molar-refractivity contribution in [2.45, 2.75) is 23.4 Å². The van der Waals surface area contributed by atoms with Gasteiger partial charge in [0.05, 0.1) is 0 Å². The van der Waals surface area contributed by atoms with Crippen LogP contribution in [0.25, 0.3) is 0 Å². The Hall–Kier alpha value is -0.910. The molecule has 0 saturated carbocycles. The first-order valence-electron chi connectivity index (χ1n) is 5.65. The molecule has 94 valence electrons. The molecule has 2 aromatic rings. The highest BCUT2D eigenvalue weighted by Crippen LogP contribution is 2.30. The van der Waals surface area contributed by atoms with Crippen LogP contribution in [-0.2, 0) is 6.42 Å². The second kappa shape index (κ2) is 6.31. The van der Waals surface area contributed by atoms with Crippen molar-refractivity contribution in [3.05, 3.63) is 46.2 Å². The Bertz CT molecular complexity index is 546. The lowest BCUT2D eigenvalue weighted by Gasteiger charge is -2.08. The molecular weight excluding hydrogens is 310 g/mol. The lowest BCUT2D eigenvalue weighted by molar-refractivity contribution is 0.920. The largest absolute Gasteiger partial charge is 0.330 e. The van der Waals surface area contributed by atoms with E-state index in [-0.39, 0.29) is 0 Å². The number of aryl methyl sites for hydroxylation is 1. The highest BCUT2D eigenvalue weighted by molar-refractivity contribution is 9.10. The fourth-order valence-electron chi connectivity index (χ4n) is 1.57. The van der Waals surface area contributed by atoms with Gasteiger partial charge in [-0.25, -0.2) is 9.97 Å². The minimum Gasteiger partial charge on any atom is -0.330 e. The molecule has 1 heterocycles. The molecule has 0 amide bonds. The highest BCUT2D eigenvalue weighted by Gasteiger charge is 2.07. The Morgan fingerprint density at radius 2 is 2.17 bits per heavy atom. The lowest BCUT2D eigenvalue weighted by Crippen LogP contribution is -2.04. The third kappa shape index (κ3) is 3.54. The molecule has 0 atom stereocenters. The van der Waals surface area contributed by atoms with E-state index >= 15 is 0 Å². The van der Waals surface area contributed by atoms with Gasteiger partial charge in [-0.15, -0.1) is 0 Å². The van der Waals surface area contributed by atoms with Gasteiger partial charge in [0, 0.05) is 21.3 Å². The summed E-state index contributed by atoms with van der Waals surface area (Å²) in [6, 6.07) is 8.10. The first kappa shape index (κ1) is 13.5. The summed E-state index contributed by atoms with van der Waals surface area (Å²) in [6.07, 6.45) is 2.64. The summed E-state index contributed by atoms with van der Waals surface area (Å²) < 4.78 is 1.07. The van der Waals surface area contributed by atoms with Gasteiger partial charge in [0.25, 0.3) is 0 Å². The predicted octanol–water partition coefficient (Wildman–Crippen LogP) is 3.20. The van der Waals surface area contributed by atoms with E-state index in [4.69, 9.17) is 5.73 Å². The van der Waals surface area contributed by atoms with Crippen LogP contribution in [0.3, 0.4) is 0 Å². The Kier molecular flexibility index (Phi) is 4.74. The summed E-state index contributed by atoms with van der Waals surface area (Å²) in [5.74, 6) is 0. The van der Waals surface area contributed by atoms with Crippen LogP contribution >= 0.6 is 27.7 Å². The normalized spacial score (nSPS) is 10.6.